The van der Waals surface area contributed by atoms with E-state index in [0.717, 1.165) is 5.69 Å². The third-order valence-corrected chi connectivity index (χ3v) is 7.01. The molecule has 1 aliphatic rings. The van der Waals surface area contributed by atoms with Crippen LogP contribution in [0.1, 0.15) is 53.2 Å². The molecule has 28 heavy (non-hydrogen) atoms. The summed E-state index contributed by atoms with van der Waals surface area (Å²) in [6.07, 6.45) is 1.38. The lowest BCUT2D eigenvalue weighted by Gasteiger charge is -2.29. The molecule has 2 aromatic heterocycles. The molecule has 1 amide bonds. The van der Waals surface area contributed by atoms with Crippen LogP contribution in [0.2, 0.25) is 0 Å². The van der Waals surface area contributed by atoms with Crippen molar-refractivity contribution < 1.29 is 18.3 Å². The van der Waals surface area contributed by atoms with E-state index < -0.39 is 21.5 Å². The van der Waals surface area contributed by atoms with Gasteiger partial charge in [-0.3, -0.25) is 19.4 Å². The highest BCUT2D eigenvalue weighted by molar-refractivity contribution is 7.87. The summed E-state index contributed by atoms with van der Waals surface area (Å²) in [6.45, 7) is 10.6. The first-order valence-corrected chi connectivity index (χ1v) is 10.5. The fourth-order valence-corrected chi connectivity index (χ4v) is 4.51. The van der Waals surface area contributed by atoms with Gasteiger partial charge in [-0.15, -0.1) is 5.10 Å². The number of carbonyl (C=O) groups excluding carboxylic acids is 1. The Morgan fingerprint density at radius 1 is 1.25 bits per heavy atom. The van der Waals surface area contributed by atoms with Gasteiger partial charge in [-0.25, -0.2) is 0 Å². The molecule has 0 aliphatic carbocycles. The maximum Gasteiger partial charge on any atom is 0.249 e. The number of nitrogens with zero attached hydrogens (tertiary/aromatic N) is 3. The van der Waals surface area contributed by atoms with Crippen LogP contribution in [0, 0.1) is 0 Å². The Balaban J connectivity index is 1.69. The van der Waals surface area contributed by atoms with Gasteiger partial charge in [0.15, 0.2) is 5.82 Å². The van der Waals surface area contributed by atoms with Crippen LogP contribution < -0.4 is 5.32 Å². The summed E-state index contributed by atoms with van der Waals surface area (Å²) in [4.78, 5) is 17.0. The van der Waals surface area contributed by atoms with Crippen molar-refractivity contribution in [3.05, 3.63) is 11.8 Å². The monoisotopic (exact) mass is 409 g/mol. The molecule has 1 unspecified atom stereocenters. The third-order valence-electron chi connectivity index (χ3n) is 4.74. The minimum absolute atomic E-state index is 0.0535. The lowest BCUT2D eigenvalue weighted by Crippen LogP contribution is -2.46. The molecule has 0 spiro atoms. The summed E-state index contributed by atoms with van der Waals surface area (Å²) in [5.41, 5.74) is 0.634. The van der Waals surface area contributed by atoms with Crippen LogP contribution in [0.4, 0.5) is 5.95 Å². The van der Waals surface area contributed by atoms with Gasteiger partial charge in [0.1, 0.15) is 4.75 Å². The Bertz CT molecular complexity index is 861. The largest absolute Gasteiger partial charge is 0.381 e. The van der Waals surface area contributed by atoms with E-state index in [4.69, 9.17) is 9.26 Å². The summed E-state index contributed by atoms with van der Waals surface area (Å²) in [5, 5.41) is 13.4. The molecule has 1 saturated heterocycles. The molecule has 3 heterocycles. The molecule has 3 rings (SSSR count). The maximum atomic E-state index is 12.9. The van der Waals surface area contributed by atoms with Crippen molar-refractivity contribution in [1.82, 2.24) is 20.3 Å². The van der Waals surface area contributed by atoms with Gasteiger partial charge in [-0.05, 0) is 26.7 Å². The zero-order valence-corrected chi connectivity index (χ0v) is 17.7. The zero-order chi connectivity index (χ0) is 20.5. The number of carbonyl (C=O) groups is 1. The highest BCUT2D eigenvalue weighted by Gasteiger charge is 2.39. The van der Waals surface area contributed by atoms with Crippen molar-refractivity contribution in [2.75, 3.05) is 18.5 Å². The van der Waals surface area contributed by atoms with Crippen molar-refractivity contribution in [2.24, 2.45) is 0 Å². The van der Waals surface area contributed by atoms with E-state index in [1.165, 1.54) is 0 Å². The molecule has 2 N–H and O–H groups in total. The zero-order valence-electron chi connectivity index (χ0n) is 16.9. The van der Waals surface area contributed by atoms with Crippen molar-refractivity contribution >= 4 is 22.7 Å². The average molecular weight is 410 g/mol. The summed E-state index contributed by atoms with van der Waals surface area (Å²) in [6, 6.07) is 1.79. The molecule has 1 fully saturated rings. The normalized spacial score (nSPS) is 17.5. The third kappa shape index (κ3) is 4.33. The van der Waals surface area contributed by atoms with Gasteiger partial charge in [0, 0.05) is 40.7 Å². The molecule has 10 heteroatoms. The Hall–Kier alpha value is -2.07. The molecule has 9 nitrogen and oxygen atoms in total. The quantitative estimate of drug-likeness (QED) is 0.777. The van der Waals surface area contributed by atoms with Gasteiger partial charge < -0.3 is 9.26 Å². The van der Waals surface area contributed by atoms with Crippen LogP contribution in [0.3, 0.4) is 0 Å². The van der Waals surface area contributed by atoms with Gasteiger partial charge in [-0.1, -0.05) is 25.9 Å². The van der Waals surface area contributed by atoms with Crippen LogP contribution in [-0.2, 0) is 25.7 Å². The lowest BCUT2D eigenvalue weighted by molar-refractivity contribution is -0.117. The molecular weight excluding hydrogens is 382 g/mol. The van der Waals surface area contributed by atoms with Crippen LogP contribution in [0.25, 0.3) is 11.6 Å². The van der Waals surface area contributed by atoms with E-state index in [0.29, 0.717) is 37.6 Å². The van der Waals surface area contributed by atoms with Crippen molar-refractivity contribution in [3.8, 4) is 11.6 Å². The first kappa shape index (κ1) is 20.7. The number of rotatable bonds is 5. The molecule has 0 bridgehead atoms. The number of aromatic amines is 1. The predicted molar refractivity (Wildman–Crippen MR) is 105 cm³/mol. The van der Waals surface area contributed by atoms with Crippen molar-refractivity contribution in [1.29, 1.82) is 0 Å². The highest BCUT2D eigenvalue weighted by Crippen LogP contribution is 2.27. The van der Waals surface area contributed by atoms with E-state index in [1.807, 2.05) is 20.8 Å². The molecule has 0 saturated carbocycles. The molecular formula is C18H27N5O4S. The van der Waals surface area contributed by atoms with Gasteiger partial charge in [0.05, 0.1) is 5.69 Å². The minimum atomic E-state index is -1.34. The fourth-order valence-electron chi connectivity index (χ4n) is 2.82. The smallest absolute Gasteiger partial charge is 0.249 e. The second kappa shape index (κ2) is 7.75. The van der Waals surface area contributed by atoms with E-state index in [2.05, 4.69) is 25.7 Å². The maximum absolute atomic E-state index is 12.9. The Morgan fingerprint density at radius 2 is 1.93 bits per heavy atom. The van der Waals surface area contributed by atoms with Crippen molar-refractivity contribution in [2.45, 2.75) is 62.9 Å². The number of hydrogen-bond donors (Lipinski definition) is 2. The Morgan fingerprint density at radius 3 is 2.54 bits per heavy atom. The average Bonchev–Trinajstić information content (AvgIpc) is 3.30. The van der Waals surface area contributed by atoms with E-state index in [1.54, 1.807) is 19.9 Å². The summed E-state index contributed by atoms with van der Waals surface area (Å²) in [5.74, 6) is 0.506. The number of nitrogens with one attached hydrogen (secondary N) is 2. The van der Waals surface area contributed by atoms with Crippen LogP contribution >= 0.6 is 0 Å². The van der Waals surface area contributed by atoms with E-state index in [9.17, 15) is 9.00 Å². The lowest BCUT2D eigenvalue weighted by atomic mass is 9.92. The molecule has 1 aliphatic heterocycles. The summed E-state index contributed by atoms with van der Waals surface area (Å²) in [7, 11) is -1.34. The second-order valence-electron chi connectivity index (χ2n) is 8.41. The number of anilines is 1. The van der Waals surface area contributed by atoms with Gasteiger partial charge in [0.25, 0.3) is 0 Å². The van der Waals surface area contributed by atoms with Crippen LogP contribution in [0.15, 0.2) is 10.6 Å². The van der Waals surface area contributed by atoms with Gasteiger partial charge >= 0.3 is 0 Å². The van der Waals surface area contributed by atoms with Gasteiger partial charge in [-0.2, -0.15) is 4.98 Å². The summed E-state index contributed by atoms with van der Waals surface area (Å²) >= 11 is 0. The minimum Gasteiger partial charge on any atom is -0.381 e. The molecule has 1 atom stereocenters. The molecule has 0 aromatic carbocycles. The number of amides is 1. The predicted octanol–water partition coefficient (Wildman–Crippen LogP) is 2.40. The Labute approximate surface area is 166 Å². The van der Waals surface area contributed by atoms with Crippen LogP contribution in [-0.4, -0.2) is 53.7 Å². The first-order chi connectivity index (χ1) is 13.1. The Kier molecular flexibility index (Phi) is 5.72. The van der Waals surface area contributed by atoms with Gasteiger partial charge in [0.2, 0.25) is 17.6 Å². The first-order valence-electron chi connectivity index (χ1n) is 9.29. The number of aromatic nitrogens is 4. The standard InChI is InChI=1S/C18H27N5O4S/c1-17(2,3)13-10-12(27-23-13)14-19-16(22-21-14)20-15(24)18(4,5)28(25)11-6-8-26-9-7-11/h10-11H,6-9H2,1-5H3,(H2,19,20,21,22,24). The fraction of sp³-hybridized carbons (Fsp3) is 0.667. The number of ether oxygens (including phenoxy) is 1. The van der Waals surface area contributed by atoms with E-state index in [-0.39, 0.29) is 16.6 Å². The van der Waals surface area contributed by atoms with Crippen molar-refractivity contribution in [3.63, 3.8) is 0 Å². The number of H-pyrrole nitrogens is 1. The summed E-state index contributed by atoms with van der Waals surface area (Å²) < 4.78 is 22.5. The molecule has 0 radical (unpaired) electrons. The molecule has 154 valence electrons. The second-order valence-corrected chi connectivity index (χ2v) is 10.7. The number of hydrogen-bond acceptors (Lipinski definition) is 7. The van der Waals surface area contributed by atoms with E-state index >= 15 is 0 Å². The highest BCUT2D eigenvalue weighted by atomic mass is 32.2. The SMILES string of the molecule is CC(C)(C)c1cc(-c2nc(NC(=O)C(C)(C)S(=O)C3CCOCC3)n[nH]2)on1. The topological polar surface area (TPSA) is 123 Å². The molecule has 2 aromatic rings. The van der Waals surface area contributed by atoms with Crippen LogP contribution in [0.5, 0.6) is 0 Å².